The molecule has 0 spiro atoms. The minimum atomic E-state index is -2.53. The van der Waals surface area contributed by atoms with Crippen molar-refractivity contribution in [3.63, 3.8) is 0 Å². The van der Waals surface area contributed by atoms with Crippen LogP contribution in [0.4, 0.5) is 4.79 Å². The van der Waals surface area contributed by atoms with Gasteiger partial charge in [0.15, 0.2) is 0 Å². The van der Waals surface area contributed by atoms with Crippen LogP contribution in [0.5, 0.6) is 0 Å². The molecule has 2 heterocycles. The Hall–Kier alpha value is -1.72. The van der Waals surface area contributed by atoms with E-state index in [1.165, 1.54) is 7.11 Å². The van der Waals surface area contributed by atoms with Crippen molar-refractivity contribution in [2.24, 2.45) is 5.92 Å². The first-order valence-corrected chi connectivity index (χ1v) is 10.6. The second-order valence-electron chi connectivity index (χ2n) is 5.94. The Morgan fingerprint density at radius 2 is 1.88 bits per heavy atom. The van der Waals surface area contributed by atoms with E-state index in [9.17, 15) is 13.4 Å². The van der Waals surface area contributed by atoms with E-state index in [2.05, 4.69) is 0 Å². The SMILES string of the molecule is CCOC(=O)N1[C@@H]2CC[C@H]1[C@H](C(=O)OC)[C@@H]2[Se](=O)c1ccccc1. The zero-order valence-corrected chi connectivity index (χ0v) is 15.4. The van der Waals surface area contributed by atoms with E-state index in [-0.39, 0.29) is 29.5 Å². The summed E-state index contributed by atoms with van der Waals surface area (Å²) in [7, 11) is 1.34. The zero-order valence-electron chi connectivity index (χ0n) is 13.7. The molecule has 1 amide bonds. The summed E-state index contributed by atoms with van der Waals surface area (Å²) in [5.41, 5.74) is 0. The first kappa shape index (κ1) is 17.1. The molecular formula is C17H21NO5Se. The fourth-order valence-corrected chi connectivity index (χ4v) is 7.77. The van der Waals surface area contributed by atoms with Crippen LogP contribution in [0.25, 0.3) is 0 Å². The van der Waals surface area contributed by atoms with Crippen molar-refractivity contribution < 1.29 is 22.9 Å². The molecular weight excluding hydrogens is 377 g/mol. The quantitative estimate of drug-likeness (QED) is 0.568. The van der Waals surface area contributed by atoms with Gasteiger partial charge in [0.2, 0.25) is 0 Å². The number of fused-ring (bicyclic) bond motifs is 2. The maximum absolute atomic E-state index is 13.2. The standard InChI is InChI=1S/C17H21NO5Se/c1-3-23-17(20)18-12-9-10-13(18)15(14(12)16(19)22-2)24(21)11-7-5-4-6-8-11/h4-8,12-15H,3,9-10H2,1-2H3/t12-,13+,14-,15+,24?/m0/s1. The Morgan fingerprint density at radius 3 is 2.50 bits per heavy atom. The number of esters is 1. The van der Waals surface area contributed by atoms with E-state index in [4.69, 9.17) is 9.47 Å². The topological polar surface area (TPSA) is 72.9 Å². The maximum atomic E-state index is 13.2. The number of benzene rings is 1. The molecule has 2 saturated heterocycles. The van der Waals surface area contributed by atoms with Crippen LogP contribution >= 0.6 is 0 Å². The molecule has 0 aliphatic carbocycles. The first-order valence-electron chi connectivity index (χ1n) is 8.08. The van der Waals surface area contributed by atoms with E-state index in [0.717, 1.165) is 10.9 Å². The second kappa shape index (κ2) is 7.03. The molecule has 0 radical (unpaired) electrons. The van der Waals surface area contributed by atoms with E-state index in [1.807, 2.05) is 30.3 Å². The molecule has 1 unspecified atom stereocenters. The average Bonchev–Trinajstić information content (AvgIpc) is 3.17. The van der Waals surface area contributed by atoms with Crippen LogP contribution in [0.1, 0.15) is 19.8 Å². The fourth-order valence-electron chi connectivity index (χ4n) is 3.88. The van der Waals surface area contributed by atoms with Crippen molar-refractivity contribution in [1.29, 1.82) is 0 Å². The first-order chi connectivity index (χ1) is 11.6. The minimum absolute atomic E-state index is 0.221. The van der Waals surface area contributed by atoms with Gasteiger partial charge in [-0.25, -0.2) is 0 Å². The molecule has 2 aliphatic heterocycles. The van der Waals surface area contributed by atoms with Crippen molar-refractivity contribution in [3.8, 4) is 0 Å². The van der Waals surface area contributed by atoms with Crippen LogP contribution in [0.2, 0.25) is 4.82 Å². The van der Waals surface area contributed by atoms with Gasteiger partial charge in [0.05, 0.1) is 0 Å². The summed E-state index contributed by atoms with van der Waals surface area (Å²) in [6.07, 6.45) is 1.04. The number of hydrogen-bond donors (Lipinski definition) is 0. The van der Waals surface area contributed by atoms with E-state index < -0.39 is 25.8 Å². The van der Waals surface area contributed by atoms with E-state index >= 15 is 0 Å². The van der Waals surface area contributed by atoms with Gasteiger partial charge in [0, 0.05) is 0 Å². The summed E-state index contributed by atoms with van der Waals surface area (Å²) in [5.74, 6) is -0.928. The predicted molar refractivity (Wildman–Crippen MR) is 87.4 cm³/mol. The molecule has 0 aromatic heterocycles. The van der Waals surface area contributed by atoms with Crippen LogP contribution < -0.4 is 4.46 Å². The number of nitrogens with zero attached hydrogens (tertiary/aromatic N) is 1. The third-order valence-corrected chi connectivity index (χ3v) is 8.65. The van der Waals surface area contributed by atoms with Crippen LogP contribution in [-0.2, 0) is 18.1 Å². The van der Waals surface area contributed by atoms with Crippen LogP contribution in [0, 0.1) is 5.92 Å². The van der Waals surface area contributed by atoms with Crippen molar-refractivity contribution in [2.45, 2.75) is 36.7 Å². The zero-order chi connectivity index (χ0) is 17.3. The van der Waals surface area contributed by atoms with Gasteiger partial charge in [-0.05, 0) is 0 Å². The summed E-state index contributed by atoms with van der Waals surface area (Å²) in [4.78, 5) is 25.9. The Morgan fingerprint density at radius 1 is 1.21 bits per heavy atom. The number of carbonyl (C=O) groups excluding carboxylic acids is 2. The molecule has 2 bridgehead atoms. The van der Waals surface area contributed by atoms with Crippen molar-refractivity contribution in [2.75, 3.05) is 13.7 Å². The monoisotopic (exact) mass is 399 g/mol. The Labute approximate surface area is 145 Å². The molecule has 130 valence electrons. The second-order valence-corrected chi connectivity index (χ2v) is 9.32. The Bertz CT molecular complexity index is 650. The van der Waals surface area contributed by atoms with Gasteiger partial charge < -0.3 is 0 Å². The van der Waals surface area contributed by atoms with Crippen molar-refractivity contribution >= 4 is 30.4 Å². The van der Waals surface area contributed by atoms with Gasteiger partial charge >= 0.3 is 145 Å². The van der Waals surface area contributed by atoms with Crippen LogP contribution in [-0.4, -0.2) is 56.6 Å². The normalized spacial score (nSPS) is 29.3. The molecule has 7 heteroatoms. The molecule has 2 fully saturated rings. The number of carbonyl (C=O) groups is 2. The fraction of sp³-hybridized carbons (Fsp3) is 0.529. The number of rotatable bonds is 4. The van der Waals surface area contributed by atoms with Gasteiger partial charge in [-0.1, -0.05) is 0 Å². The number of amides is 1. The predicted octanol–water partition coefficient (Wildman–Crippen LogP) is 1.48. The molecule has 3 rings (SSSR count). The average molecular weight is 398 g/mol. The Kier molecular flexibility index (Phi) is 5.01. The van der Waals surface area contributed by atoms with Crippen LogP contribution in [0.15, 0.2) is 30.3 Å². The van der Waals surface area contributed by atoms with Gasteiger partial charge in [-0.3, -0.25) is 0 Å². The van der Waals surface area contributed by atoms with E-state index in [1.54, 1.807) is 11.8 Å². The molecule has 6 nitrogen and oxygen atoms in total. The molecule has 1 aromatic carbocycles. The molecule has 2 aliphatic rings. The molecule has 5 atom stereocenters. The summed E-state index contributed by atoms with van der Waals surface area (Å²) in [6, 6.07) is 8.70. The van der Waals surface area contributed by atoms with Crippen molar-refractivity contribution in [1.82, 2.24) is 4.90 Å². The Balaban J connectivity index is 1.95. The number of ether oxygens (including phenoxy) is 2. The molecule has 24 heavy (non-hydrogen) atoms. The van der Waals surface area contributed by atoms with Crippen LogP contribution in [0.3, 0.4) is 0 Å². The summed E-state index contributed by atoms with van der Waals surface area (Å²) < 4.78 is 24.1. The number of methoxy groups -OCH3 is 1. The van der Waals surface area contributed by atoms with Gasteiger partial charge in [-0.15, -0.1) is 0 Å². The molecule has 0 N–H and O–H groups in total. The summed E-state index contributed by atoms with van der Waals surface area (Å²) >= 11 is -2.53. The number of hydrogen-bond acceptors (Lipinski definition) is 5. The molecule has 0 saturated carbocycles. The van der Waals surface area contributed by atoms with E-state index in [0.29, 0.717) is 6.42 Å². The van der Waals surface area contributed by atoms with Gasteiger partial charge in [-0.2, -0.15) is 0 Å². The third-order valence-electron chi connectivity index (χ3n) is 4.80. The van der Waals surface area contributed by atoms with Crippen molar-refractivity contribution in [3.05, 3.63) is 30.3 Å². The summed E-state index contributed by atoms with van der Waals surface area (Å²) in [6.45, 7) is 2.03. The van der Waals surface area contributed by atoms with Gasteiger partial charge in [0.1, 0.15) is 0 Å². The summed E-state index contributed by atoms with van der Waals surface area (Å²) in [5, 5.41) is 0. The molecule has 1 aromatic rings. The third kappa shape index (κ3) is 2.76. The van der Waals surface area contributed by atoms with Gasteiger partial charge in [0.25, 0.3) is 0 Å².